The van der Waals surface area contributed by atoms with Gasteiger partial charge in [0.1, 0.15) is 17.6 Å². The standard InChI is InChI=1S/C36H37ClN6O4S/c1-20-36(3,4)32-33(23-6-10-25(37)11-7-23)38-27(34-40-39-21(2)43(34)35(32)48-20)16-31(46)42-18-24-17-41(19-28(24)42)30(45)15-14-29(44)22-8-12-26(47-5)13-9-22/h6-15,20,24,27-28H,16-19H2,1-5H3/b15-14+/t20?,24-,27-,28-/m0/s1. The van der Waals surface area contributed by atoms with Gasteiger partial charge in [0.25, 0.3) is 0 Å². The quantitative estimate of drug-likeness (QED) is 0.235. The molecule has 0 N–H and O–H groups in total. The van der Waals surface area contributed by atoms with E-state index in [-0.39, 0.29) is 46.6 Å². The largest absolute Gasteiger partial charge is 0.497 e. The highest BCUT2D eigenvalue weighted by atomic mass is 35.5. The van der Waals surface area contributed by atoms with E-state index < -0.39 is 6.04 Å². The monoisotopic (exact) mass is 684 g/mol. The Morgan fingerprint density at radius 3 is 2.46 bits per heavy atom. The number of aliphatic imine (C=N–C) groups is 1. The van der Waals surface area contributed by atoms with Crippen LogP contribution in [0.1, 0.15) is 60.8 Å². The SMILES string of the molecule is COc1ccc(C(=O)/C=C/C(=O)N2C[C@H]3CN(C(=O)C[C@@H]4N=C(c5ccc(Cl)cc5)C5=C(SC(C)C5(C)C)n5c(C)nnc54)[C@H]3C2)cc1. The predicted octanol–water partition coefficient (Wildman–Crippen LogP) is 5.62. The summed E-state index contributed by atoms with van der Waals surface area (Å²) in [6.45, 7) is 10.2. The molecule has 48 heavy (non-hydrogen) atoms. The van der Waals surface area contributed by atoms with Crippen molar-refractivity contribution in [1.29, 1.82) is 0 Å². The lowest BCUT2D eigenvalue weighted by Gasteiger charge is -2.43. The number of carbonyl (C=O) groups excluding carboxylic acids is 3. The zero-order valence-corrected chi connectivity index (χ0v) is 29.1. The maximum Gasteiger partial charge on any atom is 0.246 e. The minimum Gasteiger partial charge on any atom is -0.497 e. The Morgan fingerprint density at radius 1 is 1.02 bits per heavy atom. The molecular formula is C36H37ClN6O4S. The molecule has 3 aromatic rings. The van der Waals surface area contributed by atoms with E-state index in [0.29, 0.717) is 41.8 Å². The van der Waals surface area contributed by atoms with Gasteiger partial charge in [-0.1, -0.05) is 44.5 Å². The minimum atomic E-state index is -0.549. The number of aromatic nitrogens is 3. The fraction of sp³-hybridized carbons (Fsp3) is 0.389. The van der Waals surface area contributed by atoms with Gasteiger partial charge < -0.3 is 14.5 Å². The predicted molar refractivity (Wildman–Crippen MR) is 186 cm³/mol. The van der Waals surface area contributed by atoms with Crippen LogP contribution in [0.4, 0.5) is 0 Å². The van der Waals surface area contributed by atoms with E-state index in [0.717, 1.165) is 27.7 Å². The molecule has 1 aromatic heterocycles. The molecule has 0 saturated carbocycles. The zero-order chi connectivity index (χ0) is 33.9. The molecule has 2 aromatic carbocycles. The van der Waals surface area contributed by atoms with Crippen LogP contribution >= 0.6 is 23.4 Å². The Hall–Kier alpha value is -4.22. The third-order valence-electron chi connectivity index (χ3n) is 10.1. The number of allylic oxidation sites excluding steroid dienone is 2. The average molecular weight is 685 g/mol. The Kier molecular flexibility index (Phi) is 8.31. The van der Waals surface area contributed by atoms with Gasteiger partial charge in [0, 0.05) is 64.0 Å². The molecule has 248 valence electrons. The van der Waals surface area contributed by atoms with E-state index in [1.165, 1.54) is 12.2 Å². The first-order chi connectivity index (χ1) is 23.0. The number of carbonyl (C=O) groups is 3. The molecule has 0 spiro atoms. The lowest BCUT2D eigenvalue weighted by Crippen LogP contribution is -2.58. The van der Waals surface area contributed by atoms with Gasteiger partial charge in [0.2, 0.25) is 11.8 Å². The summed E-state index contributed by atoms with van der Waals surface area (Å²) in [7, 11) is 1.56. The number of likely N-dealkylation sites (tertiary alicyclic amines) is 2. The summed E-state index contributed by atoms with van der Waals surface area (Å²) in [6, 6.07) is 13.8. The number of rotatable bonds is 7. The minimum absolute atomic E-state index is 0.0328. The smallest absolute Gasteiger partial charge is 0.246 e. The molecule has 0 aliphatic carbocycles. The Labute approximate surface area is 288 Å². The number of hydrogen-bond acceptors (Lipinski definition) is 8. The van der Waals surface area contributed by atoms with Gasteiger partial charge in [-0.2, -0.15) is 0 Å². The molecule has 2 amide bonds. The van der Waals surface area contributed by atoms with Crippen LogP contribution in [0.5, 0.6) is 5.75 Å². The first kappa shape index (κ1) is 32.3. The van der Waals surface area contributed by atoms with E-state index in [2.05, 4.69) is 35.5 Å². The highest BCUT2D eigenvalue weighted by molar-refractivity contribution is 8.08. The molecule has 4 aliphatic heterocycles. The summed E-state index contributed by atoms with van der Waals surface area (Å²) in [5, 5.41) is 11.0. The zero-order valence-electron chi connectivity index (χ0n) is 27.5. The van der Waals surface area contributed by atoms with Crippen molar-refractivity contribution < 1.29 is 19.1 Å². The van der Waals surface area contributed by atoms with Crippen LogP contribution in [0.15, 0.2) is 71.2 Å². The van der Waals surface area contributed by atoms with Crippen LogP contribution in [0, 0.1) is 18.3 Å². The summed E-state index contributed by atoms with van der Waals surface area (Å²) in [6.07, 6.45) is 2.76. The van der Waals surface area contributed by atoms with E-state index in [1.807, 2.05) is 36.1 Å². The van der Waals surface area contributed by atoms with Gasteiger partial charge in [0.15, 0.2) is 11.6 Å². The number of ketones is 1. The van der Waals surface area contributed by atoms with Crippen LogP contribution in [-0.4, -0.2) is 85.9 Å². The molecule has 10 nitrogen and oxygen atoms in total. The van der Waals surface area contributed by atoms with E-state index in [1.54, 1.807) is 48.0 Å². The van der Waals surface area contributed by atoms with Gasteiger partial charge in [-0.25, -0.2) is 0 Å². The number of aryl methyl sites for hydroxylation is 1. The third kappa shape index (κ3) is 5.56. The van der Waals surface area contributed by atoms with E-state index in [9.17, 15) is 14.4 Å². The first-order valence-electron chi connectivity index (χ1n) is 16.1. The number of amides is 2. The van der Waals surface area contributed by atoms with E-state index >= 15 is 0 Å². The molecule has 4 aliphatic rings. The van der Waals surface area contributed by atoms with Crippen molar-refractivity contribution in [2.24, 2.45) is 16.3 Å². The average Bonchev–Trinajstić information content (AvgIpc) is 3.65. The van der Waals surface area contributed by atoms with E-state index in [4.69, 9.17) is 21.3 Å². The fourth-order valence-corrected chi connectivity index (χ4v) is 8.68. The summed E-state index contributed by atoms with van der Waals surface area (Å²) in [5.74, 6) is 1.73. The molecular weight excluding hydrogens is 648 g/mol. The van der Waals surface area contributed by atoms with Gasteiger partial charge >= 0.3 is 0 Å². The lowest BCUT2D eigenvalue weighted by molar-refractivity contribution is -0.141. The number of nitrogens with zero attached hydrogens (tertiary/aromatic N) is 6. The second kappa shape index (κ2) is 12.3. The molecule has 2 saturated heterocycles. The molecule has 0 radical (unpaired) electrons. The molecule has 0 bridgehead atoms. The first-order valence-corrected chi connectivity index (χ1v) is 17.3. The maximum atomic E-state index is 14.0. The molecule has 4 atom stereocenters. The van der Waals surface area contributed by atoms with Crippen LogP contribution in [0.3, 0.4) is 0 Å². The highest BCUT2D eigenvalue weighted by Crippen LogP contribution is 2.55. The number of thioether (sulfide) groups is 1. The highest BCUT2D eigenvalue weighted by Gasteiger charge is 2.50. The van der Waals surface area contributed by atoms with Crippen molar-refractivity contribution in [1.82, 2.24) is 24.6 Å². The Bertz CT molecular complexity index is 1900. The summed E-state index contributed by atoms with van der Waals surface area (Å²) >= 11 is 8.06. The van der Waals surface area contributed by atoms with Crippen LogP contribution < -0.4 is 4.74 Å². The Balaban J connectivity index is 1.09. The van der Waals surface area contributed by atoms with Crippen molar-refractivity contribution in [2.75, 3.05) is 26.7 Å². The summed E-state index contributed by atoms with van der Waals surface area (Å²) in [4.78, 5) is 48.5. The summed E-state index contributed by atoms with van der Waals surface area (Å²) < 4.78 is 7.23. The lowest BCUT2D eigenvalue weighted by atomic mass is 9.78. The topological polar surface area (TPSA) is 110 Å². The fourth-order valence-electron chi connectivity index (χ4n) is 7.00. The molecule has 2 fully saturated rings. The van der Waals surface area contributed by atoms with Gasteiger partial charge in [0.05, 0.1) is 30.3 Å². The number of fused-ring (bicyclic) bond motifs is 3. The second-order valence-electron chi connectivity index (χ2n) is 13.4. The number of benzene rings is 2. The molecule has 7 rings (SSSR count). The maximum absolute atomic E-state index is 14.0. The van der Waals surface area contributed by atoms with Crippen LogP contribution in [-0.2, 0) is 9.59 Å². The van der Waals surface area contributed by atoms with Crippen molar-refractivity contribution in [2.45, 2.75) is 51.4 Å². The number of hydrogen-bond donors (Lipinski definition) is 0. The molecule has 1 unspecified atom stereocenters. The second-order valence-corrected chi connectivity index (χ2v) is 15.1. The number of methoxy groups -OCH3 is 1. The normalized spacial score (nSPS) is 24.1. The van der Waals surface area contributed by atoms with Crippen molar-refractivity contribution in [3.05, 3.63) is 94.1 Å². The van der Waals surface area contributed by atoms with Crippen molar-refractivity contribution in [3.63, 3.8) is 0 Å². The summed E-state index contributed by atoms with van der Waals surface area (Å²) in [5.41, 5.74) is 3.18. The van der Waals surface area contributed by atoms with Gasteiger partial charge in [-0.15, -0.1) is 22.0 Å². The van der Waals surface area contributed by atoms with Crippen LogP contribution in [0.25, 0.3) is 5.03 Å². The Morgan fingerprint density at radius 2 is 1.75 bits per heavy atom. The number of ether oxygens (including phenoxy) is 1. The van der Waals surface area contributed by atoms with Crippen LogP contribution in [0.2, 0.25) is 5.02 Å². The van der Waals surface area contributed by atoms with Crippen molar-refractivity contribution in [3.8, 4) is 5.75 Å². The number of halogens is 1. The molecule has 5 heterocycles. The third-order valence-corrected chi connectivity index (χ3v) is 11.9. The van der Waals surface area contributed by atoms with Gasteiger partial charge in [-0.3, -0.25) is 23.9 Å². The van der Waals surface area contributed by atoms with Crippen molar-refractivity contribution >= 4 is 51.7 Å². The molecule has 12 heteroatoms. The van der Waals surface area contributed by atoms with Gasteiger partial charge in [-0.05, 0) is 49.4 Å².